The maximum Gasteiger partial charge on any atom is 0.329 e. The Morgan fingerprint density at radius 1 is 1.14 bits per heavy atom. The first-order chi connectivity index (χ1) is 13.5. The van der Waals surface area contributed by atoms with Gasteiger partial charge in [0.2, 0.25) is 11.8 Å². The number of rotatable bonds is 9. The molecule has 1 aromatic rings. The molecule has 1 aromatic carbocycles. The lowest BCUT2D eigenvalue weighted by Crippen LogP contribution is -2.56. The highest BCUT2D eigenvalue weighted by Gasteiger charge is 2.39. The van der Waals surface area contributed by atoms with Crippen LogP contribution < -0.4 is 5.73 Å². The van der Waals surface area contributed by atoms with E-state index in [-0.39, 0.29) is 12.3 Å². The standard InChI is InChI=1S/C22H33ClN2O4/c1-15(2)13-18(21(28)29-22(3,4)5)25(19(26)14-23)20(27)17(24)12-11-16-9-7-6-8-10-16/h6-10,15,17-18H,11-14,24H2,1-5H3/t17-,18+/m1/s1. The van der Waals surface area contributed by atoms with E-state index < -0.39 is 41.3 Å². The fourth-order valence-corrected chi connectivity index (χ4v) is 3.04. The first-order valence-corrected chi connectivity index (χ1v) is 10.4. The van der Waals surface area contributed by atoms with E-state index in [4.69, 9.17) is 22.1 Å². The molecule has 2 atom stereocenters. The molecule has 0 unspecified atom stereocenters. The molecule has 0 spiro atoms. The molecule has 0 radical (unpaired) electrons. The van der Waals surface area contributed by atoms with Crippen LogP contribution in [-0.4, -0.2) is 46.2 Å². The second kappa shape index (κ2) is 11.3. The van der Waals surface area contributed by atoms with Gasteiger partial charge in [0.15, 0.2) is 0 Å². The fourth-order valence-electron chi connectivity index (χ4n) is 2.91. The van der Waals surface area contributed by atoms with Gasteiger partial charge in [0.05, 0.1) is 6.04 Å². The Morgan fingerprint density at radius 2 is 1.72 bits per heavy atom. The summed E-state index contributed by atoms with van der Waals surface area (Å²) in [6, 6.07) is 7.63. The van der Waals surface area contributed by atoms with E-state index in [0.717, 1.165) is 10.5 Å². The number of benzene rings is 1. The van der Waals surface area contributed by atoms with Crippen molar-refractivity contribution in [2.24, 2.45) is 11.7 Å². The van der Waals surface area contributed by atoms with Crippen molar-refractivity contribution in [1.29, 1.82) is 0 Å². The fraction of sp³-hybridized carbons (Fsp3) is 0.591. The highest BCUT2D eigenvalue weighted by molar-refractivity contribution is 6.28. The number of aryl methyl sites for hydroxylation is 1. The van der Waals surface area contributed by atoms with Gasteiger partial charge in [-0.1, -0.05) is 44.2 Å². The first kappa shape index (κ1) is 25.1. The number of carbonyl (C=O) groups excluding carboxylic acids is 3. The Kier molecular flexibility index (Phi) is 9.80. The minimum atomic E-state index is -1.06. The second-order valence-corrected chi connectivity index (χ2v) is 8.81. The van der Waals surface area contributed by atoms with Gasteiger partial charge in [-0.25, -0.2) is 4.79 Å². The van der Waals surface area contributed by atoms with Crippen molar-refractivity contribution < 1.29 is 19.1 Å². The molecule has 0 saturated carbocycles. The Morgan fingerprint density at radius 3 is 2.21 bits per heavy atom. The molecule has 0 aliphatic rings. The van der Waals surface area contributed by atoms with Gasteiger partial charge < -0.3 is 10.5 Å². The summed E-state index contributed by atoms with van der Waals surface area (Å²) in [7, 11) is 0. The van der Waals surface area contributed by atoms with Crippen molar-refractivity contribution in [3.05, 3.63) is 35.9 Å². The molecular formula is C22H33ClN2O4. The molecule has 29 heavy (non-hydrogen) atoms. The number of hydrogen-bond donors (Lipinski definition) is 1. The normalized spacial score (nSPS) is 13.7. The van der Waals surface area contributed by atoms with Crippen molar-refractivity contribution in [3.63, 3.8) is 0 Å². The van der Waals surface area contributed by atoms with Gasteiger partial charge >= 0.3 is 5.97 Å². The van der Waals surface area contributed by atoms with Crippen LogP contribution >= 0.6 is 11.6 Å². The zero-order valence-electron chi connectivity index (χ0n) is 18.0. The minimum Gasteiger partial charge on any atom is -0.458 e. The van der Waals surface area contributed by atoms with E-state index in [9.17, 15) is 14.4 Å². The van der Waals surface area contributed by atoms with Crippen LogP contribution in [0.1, 0.15) is 53.0 Å². The lowest BCUT2D eigenvalue weighted by Gasteiger charge is -2.33. The number of hydrogen-bond acceptors (Lipinski definition) is 5. The topological polar surface area (TPSA) is 89.7 Å². The summed E-state index contributed by atoms with van der Waals surface area (Å²) in [5.74, 6) is -2.26. The van der Waals surface area contributed by atoms with Crippen LogP contribution in [0.25, 0.3) is 0 Å². The predicted molar refractivity (Wildman–Crippen MR) is 114 cm³/mol. The molecule has 1 rings (SSSR count). The third-order valence-electron chi connectivity index (χ3n) is 4.21. The van der Waals surface area contributed by atoms with Crippen molar-refractivity contribution in [3.8, 4) is 0 Å². The SMILES string of the molecule is CC(C)C[C@@H](C(=O)OC(C)(C)C)N(C(=O)CCl)C(=O)[C@H](N)CCc1ccccc1. The number of ether oxygens (including phenoxy) is 1. The molecule has 0 heterocycles. The summed E-state index contributed by atoms with van der Waals surface area (Å²) in [5, 5.41) is 0. The Labute approximate surface area is 178 Å². The summed E-state index contributed by atoms with van der Waals surface area (Å²) in [6.07, 6.45) is 1.20. The van der Waals surface area contributed by atoms with Gasteiger partial charge in [-0.2, -0.15) is 0 Å². The smallest absolute Gasteiger partial charge is 0.329 e. The Bertz CT molecular complexity index is 686. The maximum atomic E-state index is 13.1. The van der Waals surface area contributed by atoms with Crippen LogP contribution in [0.15, 0.2) is 30.3 Å². The molecule has 0 saturated heterocycles. The monoisotopic (exact) mass is 424 g/mol. The van der Waals surface area contributed by atoms with Crippen LogP contribution in [0.3, 0.4) is 0 Å². The van der Waals surface area contributed by atoms with Gasteiger partial charge in [-0.05, 0) is 51.5 Å². The zero-order valence-corrected chi connectivity index (χ0v) is 18.7. The summed E-state index contributed by atoms with van der Waals surface area (Å²) in [6.45, 7) is 9.01. The van der Waals surface area contributed by atoms with Crippen LogP contribution in [0.4, 0.5) is 0 Å². The van der Waals surface area contributed by atoms with E-state index >= 15 is 0 Å². The van der Waals surface area contributed by atoms with Crippen molar-refractivity contribution in [2.75, 3.05) is 5.88 Å². The molecule has 0 aromatic heterocycles. The van der Waals surface area contributed by atoms with Gasteiger partial charge in [-0.3, -0.25) is 14.5 Å². The van der Waals surface area contributed by atoms with Crippen molar-refractivity contribution in [1.82, 2.24) is 4.90 Å². The minimum absolute atomic E-state index is 0.0477. The highest BCUT2D eigenvalue weighted by atomic mass is 35.5. The average Bonchev–Trinajstić information content (AvgIpc) is 2.64. The van der Waals surface area contributed by atoms with Crippen LogP contribution in [-0.2, 0) is 25.5 Å². The molecular weight excluding hydrogens is 392 g/mol. The van der Waals surface area contributed by atoms with E-state index in [0.29, 0.717) is 12.8 Å². The lowest BCUT2D eigenvalue weighted by atomic mass is 9.99. The molecule has 7 heteroatoms. The Balaban J connectivity index is 3.06. The van der Waals surface area contributed by atoms with Crippen molar-refractivity contribution in [2.45, 2.75) is 71.6 Å². The highest BCUT2D eigenvalue weighted by Crippen LogP contribution is 2.20. The molecule has 2 N–H and O–H groups in total. The number of halogens is 1. The quantitative estimate of drug-likeness (QED) is 0.485. The van der Waals surface area contributed by atoms with E-state index in [1.807, 2.05) is 44.2 Å². The number of alkyl halides is 1. The summed E-state index contributed by atoms with van der Waals surface area (Å²) < 4.78 is 5.47. The number of nitrogens with two attached hydrogens (primary N) is 1. The van der Waals surface area contributed by atoms with Crippen LogP contribution in [0.5, 0.6) is 0 Å². The van der Waals surface area contributed by atoms with E-state index in [2.05, 4.69) is 0 Å². The molecule has 0 aliphatic carbocycles. The number of esters is 1. The first-order valence-electron chi connectivity index (χ1n) is 9.90. The number of nitrogens with zero attached hydrogens (tertiary/aromatic N) is 1. The zero-order chi connectivity index (χ0) is 22.2. The molecule has 162 valence electrons. The molecule has 6 nitrogen and oxygen atoms in total. The molecule has 0 fully saturated rings. The summed E-state index contributed by atoms with van der Waals surface area (Å²) in [4.78, 5) is 39.3. The maximum absolute atomic E-state index is 13.1. The van der Waals surface area contributed by atoms with Crippen LogP contribution in [0.2, 0.25) is 0 Å². The van der Waals surface area contributed by atoms with Crippen molar-refractivity contribution >= 4 is 29.4 Å². The van der Waals surface area contributed by atoms with E-state index in [1.54, 1.807) is 20.8 Å². The Hall–Kier alpha value is -1.92. The lowest BCUT2D eigenvalue weighted by molar-refractivity contribution is -0.169. The number of imide groups is 1. The number of carbonyl (C=O) groups is 3. The molecule has 0 aliphatic heterocycles. The summed E-state index contributed by atoms with van der Waals surface area (Å²) >= 11 is 5.75. The van der Waals surface area contributed by atoms with Gasteiger partial charge in [-0.15, -0.1) is 11.6 Å². The third kappa shape index (κ3) is 8.54. The van der Waals surface area contributed by atoms with Gasteiger partial charge in [0.1, 0.15) is 17.5 Å². The second-order valence-electron chi connectivity index (χ2n) is 8.55. The van der Waals surface area contributed by atoms with E-state index in [1.165, 1.54) is 0 Å². The van der Waals surface area contributed by atoms with Crippen LogP contribution in [0, 0.1) is 5.92 Å². The predicted octanol–water partition coefficient (Wildman–Crippen LogP) is 3.30. The summed E-state index contributed by atoms with van der Waals surface area (Å²) in [5.41, 5.74) is 6.41. The largest absolute Gasteiger partial charge is 0.458 e. The third-order valence-corrected chi connectivity index (χ3v) is 4.44. The van der Waals surface area contributed by atoms with Gasteiger partial charge in [0, 0.05) is 0 Å². The molecule has 0 bridgehead atoms. The average molecular weight is 425 g/mol. The number of amides is 2. The van der Waals surface area contributed by atoms with Gasteiger partial charge in [0.25, 0.3) is 0 Å². The molecule has 2 amide bonds.